The predicted molar refractivity (Wildman–Crippen MR) is 146 cm³/mol. The Kier molecular flexibility index (Phi) is 9.88. The van der Waals surface area contributed by atoms with Gasteiger partial charge in [-0.3, -0.25) is 14.5 Å². The van der Waals surface area contributed by atoms with Crippen LogP contribution in [0.4, 0.5) is 4.39 Å². The van der Waals surface area contributed by atoms with Crippen LogP contribution in [-0.2, 0) is 16.1 Å². The van der Waals surface area contributed by atoms with Crippen LogP contribution in [0.1, 0.15) is 60.0 Å². The van der Waals surface area contributed by atoms with Gasteiger partial charge in [-0.15, -0.1) is 0 Å². The summed E-state index contributed by atoms with van der Waals surface area (Å²) in [5, 5.41) is 3.22. The number of piperidine rings is 1. The van der Waals surface area contributed by atoms with Crippen LogP contribution in [-0.4, -0.2) is 72.6 Å². The molecule has 2 aliphatic rings. The maximum atomic E-state index is 13.7. The molecular formula is C30H41FN4O3. The summed E-state index contributed by atoms with van der Waals surface area (Å²) in [6.07, 6.45) is 4.74. The smallest absolute Gasteiger partial charge is 0.254 e. The Bertz CT molecular complexity index is 1050. The highest BCUT2D eigenvalue weighted by molar-refractivity contribution is 5.97. The van der Waals surface area contributed by atoms with Gasteiger partial charge in [0, 0.05) is 50.4 Å². The van der Waals surface area contributed by atoms with Gasteiger partial charge in [-0.05, 0) is 75.3 Å². The molecule has 0 spiro atoms. The van der Waals surface area contributed by atoms with E-state index in [4.69, 9.17) is 10.5 Å². The van der Waals surface area contributed by atoms with E-state index in [1.54, 1.807) is 12.0 Å². The van der Waals surface area contributed by atoms with Crippen LogP contribution in [0.2, 0.25) is 0 Å². The molecular weight excluding hydrogens is 483 g/mol. The molecule has 2 fully saturated rings. The molecule has 1 unspecified atom stereocenters. The number of ether oxygens (including phenoxy) is 1. The Morgan fingerprint density at radius 1 is 1.05 bits per heavy atom. The van der Waals surface area contributed by atoms with Gasteiger partial charge in [0.05, 0.1) is 6.61 Å². The molecule has 38 heavy (non-hydrogen) atoms. The summed E-state index contributed by atoms with van der Waals surface area (Å²) in [5.74, 6) is -0.751. The molecule has 0 aromatic heterocycles. The molecule has 1 aliphatic carbocycles. The fourth-order valence-electron chi connectivity index (χ4n) is 5.62. The van der Waals surface area contributed by atoms with Crippen molar-refractivity contribution in [3.05, 3.63) is 71.0 Å². The van der Waals surface area contributed by atoms with Crippen LogP contribution in [0.25, 0.3) is 0 Å². The number of halogens is 1. The number of methoxy groups -OCH3 is 1. The van der Waals surface area contributed by atoms with Crippen molar-refractivity contribution < 1.29 is 18.7 Å². The summed E-state index contributed by atoms with van der Waals surface area (Å²) in [6, 6.07) is 13.8. The van der Waals surface area contributed by atoms with Gasteiger partial charge in [0.2, 0.25) is 5.91 Å². The Balaban J connectivity index is 1.54. The van der Waals surface area contributed by atoms with Crippen LogP contribution in [0.3, 0.4) is 0 Å². The summed E-state index contributed by atoms with van der Waals surface area (Å²) in [7, 11) is 1.69. The van der Waals surface area contributed by atoms with E-state index < -0.39 is 11.9 Å². The van der Waals surface area contributed by atoms with Crippen LogP contribution < -0.4 is 11.1 Å². The second kappa shape index (κ2) is 13.3. The number of carbonyl (C=O) groups excluding carboxylic acids is 2. The van der Waals surface area contributed by atoms with Crippen molar-refractivity contribution in [2.24, 2.45) is 5.73 Å². The minimum atomic E-state index is -0.607. The van der Waals surface area contributed by atoms with Crippen molar-refractivity contribution in [1.29, 1.82) is 0 Å². The van der Waals surface area contributed by atoms with Crippen LogP contribution in [0, 0.1) is 12.7 Å². The standard InChI is InChI=1S/C30H41FN4O3/c1-21-3-5-22(6-4-21)20-34(17-18-38-2)27-15-16-35(30(37)23-7-9-24(31)10-8-23)28(19-27)29(36)33-26-13-11-25(32)12-14-26/h3-10,25-28H,11-20,32H2,1-2H3,(H,33,36)/t25?,26?,27?,28-/m1/s1. The molecule has 4 rings (SSSR count). The normalized spacial score (nSPS) is 23.9. The first kappa shape index (κ1) is 28.2. The molecule has 3 N–H and O–H groups in total. The number of nitrogens with zero attached hydrogens (tertiary/aromatic N) is 2. The van der Waals surface area contributed by atoms with E-state index in [0.29, 0.717) is 25.1 Å². The molecule has 2 amide bonds. The molecule has 206 valence electrons. The lowest BCUT2D eigenvalue weighted by Gasteiger charge is -2.43. The monoisotopic (exact) mass is 524 g/mol. The van der Waals surface area contributed by atoms with E-state index in [2.05, 4.69) is 41.4 Å². The number of benzene rings is 2. The van der Waals surface area contributed by atoms with Gasteiger partial charge in [-0.25, -0.2) is 4.39 Å². The maximum Gasteiger partial charge on any atom is 0.254 e. The number of hydrogen-bond acceptors (Lipinski definition) is 5. The highest BCUT2D eigenvalue weighted by Crippen LogP contribution is 2.27. The number of amides is 2. The zero-order valence-corrected chi connectivity index (χ0v) is 22.6. The average molecular weight is 525 g/mol. The van der Waals surface area contributed by atoms with Crippen molar-refractivity contribution in [3.8, 4) is 0 Å². The fraction of sp³-hybridized carbons (Fsp3) is 0.533. The first-order chi connectivity index (χ1) is 18.3. The third kappa shape index (κ3) is 7.40. The van der Waals surface area contributed by atoms with Crippen LogP contribution in [0.5, 0.6) is 0 Å². The van der Waals surface area contributed by atoms with Crippen LogP contribution >= 0.6 is 0 Å². The summed E-state index contributed by atoms with van der Waals surface area (Å²) >= 11 is 0. The molecule has 0 radical (unpaired) electrons. The SMILES string of the molecule is COCCN(Cc1ccc(C)cc1)C1CCN(C(=O)c2ccc(F)cc2)[C@@H](C(=O)NC2CCC(N)CC2)C1. The van der Waals surface area contributed by atoms with Gasteiger partial charge >= 0.3 is 0 Å². The minimum absolute atomic E-state index is 0.0719. The van der Waals surface area contributed by atoms with E-state index in [1.807, 2.05) is 0 Å². The summed E-state index contributed by atoms with van der Waals surface area (Å²) in [5.41, 5.74) is 8.87. The van der Waals surface area contributed by atoms with Crippen molar-refractivity contribution in [2.75, 3.05) is 26.8 Å². The zero-order chi connectivity index (χ0) is 27.1. The van der Waals surface area contributed by atoms with E-state index in [9.17, 15) is 14.0 Å². The molecule has 2 aromatic rings. The Morgan fingerprint density at radius 3 is 2.39 bits per heavy atom. The summed E-state index contributed by atoms with van der Waals surface area (Å²) < 4.78 is 18.9. The number of aryl methyl sites for hydroxylation is 1. The Labute approximate surface area is 225 Å². The molecule has 7 nitrogen and oxygen atoms in total. The molecule has 0 bridgehead atoms. The average Bonchev–Trinajstić information content (AvgIpc) is 2.93. The summed E-state index contributed by atoms with van der Waals surface area (Å²) in [6.45, 7) is 4.58. The van der Waals surface area contributed by atoms with E-state index in [0.717, 1.165) is 45.2 Å². The molecule has 8 heteroatoms. The maximum absolute atomic E-state index is 13.7. The minimum Gasteiger partial charge on any atom is -0.383 e. The first-order valence-electron chi connectivity index (χ1n) is 13.7. The zero-order valence-electron chi connectivity index (χ0n) is 22.6. The lowest BCUT2D eigenvalue weighted by molar-refractivity contribution is -0.128. The number of rotatable bonds is 9. The molecule has 1 heterocycles. The first-order valence-corrected chi connectivity index (χ1v) is 13.7. The molecule has 1 aliphatic heterocycles. The second-order valence-corrected chi connectivity index (χ2v) is 10.8. The van der Waals surface area contributed by atoms with Gasteiger partial charge in [-0.1, -0.05) is 29.8 Å². The molecule has 1 saturated carbocycles. The van der Waals surface area contributed by atoms with Gasteiger partial charge in [0.25, 0.3) is 5.91 Å². The van der Waals surface area contributed by atoms with Crippen LogP contribution in [0.15, 0.2) is 48.5 Å². The van der Waals surface area contributed by atoms with E-state index in [1.165, 1.54) is 35.4 Å². The fourth-order valence-corrected chi connectivity index (χ4v) is 5.62. The number of nitrogens with two attached hydrogens (primary N) is 1. The van der Waals surface area contributed by atoms with Crippen molar-refractivity contribution >= 4 is 11.8 Å². The largest absolute Gasteiger partial charge is 0.383 e. The second-order valence-electron chi connectivity index (χ2n) is 10.8. The van der Waals surface area contributed by atoms with Gasteiger partial charge in [-0.2, -0.15) is 0 Å². The summed E-state index contributed by atoms with van der Waals surface area (Å²) in [4.78, 5) is 31.2. The Morgan fingerprint density at radius 2 is 1.74 bits per heavy atom. The lowest BCUT2D eigenvalue weighted by Crippen LogP contribution is -2.58. The van der Waals surface area contributed by atoms with Crippen molar-refractivity contribution in [3.63, 3.8) is 0 Å². The third-order valence-electron chi connectivity index (χ3n) is 7.95. The number of carbonyl (C=O) groups is 2. The number of nitrogens with one attached hydrogen (secondary N) is 1. The van der Waals surface area contributed by atoms with Gasteiger partial charge in [0.15, 0.2) is 0 Å². The number of likely N-dealkylation sites (tertiary alicyclic amines) is 1. The Hall–Kier alpha value is -2.81. The quantitative estimate of drug-likeness (QED) is 0.523. The highest BCUT2D eigenvalue weighted by Gasteiger charge is 2.39. The van der Waals surface area contributed by atoms with E-state index in [-0.39, 0.29) is 29.9 Å². The highest BCUT2D eigenvalue weighted by atomic mass is 19.1. The van der Waals surface area contributed by atoms with Crippen molar-refractivity contribution in [2.45, 2.75) is 76.2 Å². The molecule has 2 aromatic carbocycles. The van der Waals surface area contributed by atoms with E-state index >= 15 is 0 Å². The molecule has 2 atom stereocenters. The lowest BCUT2D eigenvalue weighted by atomic mass is 9.90. The van der Waals surface area contributed by atoms with Gasteiger partial charge in [0.1, 0.15) is 11.9 Å². The van der Waals surface area contributed by atoms with Crippen molar-refractivity contribution in [1.82, 2.24) is 15.1 Å². The predicted octanol–water partition coefficient (Wildman–Crippen LogP) is 3.64. The molecule has 1 saturated heterocycles. The third-order valence-corrected chi connectivity index (χ3v) is 7.95. The van der Waals surface area contributed by atoms with Gasteiger partial charge < -0.3 is 20.7 Å². The topological polar surface area (TPSA) is 87.9 Å². The number of hydrogen-bond donors (Lipinski definition) is 2.